The van der Waals surface area contributed by atoms with E-state index in [9.17, 15) is 4.79 Å². The molecule has 0 saturated heterocycles. The first-order chi connectivity index (χ1) is 8.02. The van der Waals surface area contributed by atoms with Gasteiger partial charge in [-0.2, -0.15) is 0 Å². The van der Waals surface area contributed by atoms with Gasteiger partial charge in [-0.05, 0) is 38.6 Å². The summed E-state index contributed by atoms with van der Waals surface area (Å²) in [5.74, 6) is -0.746. The second kappa shape index (κ2) is 6.62. The molecule has 0 aliphatic carbocycles. The molecule has 1 N–H and O–H groups in total. The van der Waals surface area contributed by atoms with E-state index in [1.54, 1.807) is 0 Å². The Bertz CT molecular complexity index is 381. The predicted molar refractivity (Wildman–Crippen MR) is 69.4 cm³/mol. The molecule has 3 nitrogen and oxygen atoms in total. The highest BCUT2D eigenvalue weighted by Gasteiger charge is 2.14. The zero-order chi connectivity index (χ0) is 12.8. The molecule has 0 aliphatic rings. The molecule has 1 rings (SSSR count). The van der Waals surface area contributed by atoms with Crippen LogP contribution in [0.3, 0.4) is 0 Å². The molecule has 0 fully saturated rings. The van der Waals surface area contributed by atoms with Crippen molar-refractivity contribution >= 4 is 17.6 Å². The maximum atomic E-state index is 10.4. The monoisotopic (exact) mass is 255 g/mol. The second-order valence-electron chi connectivity index (χ2n) is 4.18. The van der Waals surface area contributed by atoms with Crippen LogP contribution < -0.4 is 0 Å². The van der Waals surface area contributed by atoms with E-state index in [-0.39, 0.29) is 12.5 Å². The minimum atomic E-state index is -0.746. The molecule has 17 heavy (non-hydrogen) atoms. The first kappa shape index (κ1) is 14.0. The van der Waals surface area contributed by atoms with Crippen LogP contribution in [0.4, 0.5) is 0 Å². The average Bonchev–Trinajstić information content (AvgIpc) is 2.28. The van der Waals surface area contributed by atoms with E-state index in [4.69, 9.17) is 16.7 Å². The molecule has 1 aromatic rings. The van der Waals surface area contributed by atoms with Gasteiger partial charge in [0.05, 0.1) is 0 Å². The standard InChI is InChI=1S/C13H18ClNO2/c1-10(11-6-3-4-7-12(11)14)15(2)9-5-8-13(16)17/h3-4,6-7,10H,5,8-9H2,1-2H3,(H,16,17). The van der Waals surface area contributed by atoms with E-state index in [2.05, 4.69) is 11.8 Å². The van der Waals surface area contributed by atoms with Crippen LogP contribution >= 0.6 is 11.6 Å². The Morgan fingerprint density at radius 3 is 2.71 bits per heavy atom. The summed E-state index contributed by atoms with van der Waals surface area (Å²) in [6.45, 7) is 2.82. The SMILES string of the molecule is CC(c1ccccc1Cl)N(C)CCCC(=O)O. The van der Waals surface area contributed by atoms with Crippen molar-refractivity contribution in [2.45, 2.75) is 25.8 Å². The Hall–Kier alpha value is -1.06. The largest absolute Gasteiger partial charge is 0.481 e. The Kier molecular flexibility index (Phi) is 5.45. The molecule has 94 valence electrons. The topological polar surface area (TPSA) is 40.5 Å². The van der Waals surface area contributed by atoms with Crippen molar-refractivity contribution < 1.29 is 9.90 Å². The van der Waals surface area contributed by atoms with Gasteiger partial charge in [0.2, 0.25) is 0 Å². The van der Waals surface area contributed by atoms with Crippen molar-refractivity contribution in [3.05, 3.63) is 34.9 Å². The molecule has 1 unspecified atom stereocenters. The van der Waals surface area contributed by atoms with Crippen LogP contribution in [0.1, 0.15) is 31.4 Å². The number of carboxylic acids is 1. The third kappa shape index (κ3) is 4.36. The maximum Gasteiger partial charge on any atom is 0.303 e. The van der Waals surface area contributed by atoms with E-state index in [0.717, 1.165) is 17.1 Å². The zero-order valence-corrected chi connectivity index (χ0v) is 10.9. The number of carbonyl (C=O) groups is 1. The minimum Gasteiger partial charge on any atom is -0.481 e. The van der Waals surface area contributed by atoms with E-state index in [0.29, 0.717) is 6.42 Å². The van der Waals surface area contributed by atoms with Gasteiger partial charge in [-0.25, -0.2) is 0 Å². The van der Waals surface area contributed by atoms with Crippen LogP contribution in [0, 0.1) is 0 Å². The quantitative estimate of drug-likeness (QED) is 0.849. The number of aliphatic carboxylic acids is 1. The zero-order valence-electron chi connectivity index (χ0n) is 10.2. The number of hydrogen-bond donors (Lipinski definition) is 1. The Balaban J connectivity index is 2.55. The van der Waals surface area contributed by atoms with E-state index in [1.807, 2.05) is 31.3 Å². The molecule has 0 aliphatic heterocycles. The summed E-state index contributed by atoms with van der Waals surface area (Å²) in [4.78, 5) is 12.6. The summed E-state index contributed by atoms with van der Waals surface area (Å²) in [5.41, 5.74) is 1.08. The van der Waals surface area contributed by atoms with E-state index < -0.39 is 5.97 Å². The van der Waals surface area contributed by atoms with Crippen LogP contribution in [0.25, 0.3) is 0 Å². The summed E-state index contributed by atoms with van der Waals surface area (Å²) >= 11 is 6.13. The lowest BCUT2D eigenvalue weighted by Crippen LogP contribution is -2.24. The van der Waals surface area contributed by atoms with Crippen LogP contribution in [0.15, 0.2) is 24.3 Å². The lowest BCUT2D eigenvalue weighted by molar-refractivity contribution is -0.137. The fourth-order valence-corrected chi connectivity index (χ4v) is 2.02. The van der Waals surface area contributed by atoms with Crippen molar-refractivity contribution in [1.29, 1.82) is 0 Å². The van der Waals surface area contributed by atoms with Crippen LogP contribution in [0.2, 0.25) is 5.02 Å². The highest BCUT2D eigenvalue weighted by atomic mass is 35.5. The Morgan fingerprint density at radius 1 is 1.47 bits per heavy atom. The van der Waals surface area contributed by atoms with Gasteiger partial charge in [-0.15, -0.1) is 0 Å². The van der Waals surface area contributed by atoms with Gasteiger partial charge in [-0.1, -0.05) is 29.8 Å². The van der Waals surface area contributed by atoms with Gasteiger partial charge in [0.25, 0.3) is 0 Å². The number of carboxylic acid groups (broad SMARTS) is 1. The lowest BCUT2D eigenvalue weighted by Gasteiger charge is -2.25. The molecule has 0 spiro atoms. The van der Waals surface area contributed by atoms with Crippen molar-refractivity contribution in [2.75, 3.05) is 13.6 Å². The first-order valence-electron chi connectivity index (χ1n) is 5.69. The number of benzene rings is 1. The normalized spacial score (nSPS) is 12.7. The van der Waals surface area contributed by atoms with Crippen molar-refractivity contribution in [3.8, 4) is 0 Å². The summed E-state index contributed by atoms with van der Waals surface area (Å²) in [5, 5.41) is 9.34. The molecule has 0 aromatic heterocycles. The van der Waals surface area contributed by atoms with Gasteiger partial charge >= 0.3 is 5.97 Å². The highest BCUT2D eigenvalue weighted by molar-refractivity contribution is 6.31. The van der Waals surface area contributed by atoms with Gasteiger partial charge in [0.15, 0.2) is 0 Å². The smallest absolute Gasteiger partial charge is 0.303 e. The van der Waals surface area contributed by atoms with Gasteiger partial charge in [0.1, 0.15) is 0 Å². The molecule has 0 heterocycles. The molecule has 0 amide bonds. The number of nitrogens with zero attached hydrogens (tertiary/aromatic N) is 1. The average molecular weight is 256 g/mol. The number of rotatable bonds is 6. The summed E-state index contributed by atoms with van der Waals surface area (Å²) < 4.78 is 0. The summed E-state index contributed by atoms with van der Waals surface area (Å²) in [7, 11) is 1.98. The van der Waals surface area contributed by atoms with Crippen molar-refractivity contribution in [1.82, 2.24) is 4.90 Å². The fourth-order valence-electron chi connectivity index (χ4n) is 1.72. The predicted octanol–water partition coefficient (Wildman–Crippen LogP) is 3.20. The maximum absolute atomic E-state index is 10.4. The van der Waals surface area contributed by atoms with Crippen LogP contribution in [-0.4, -0.2) is 29.6 Å². The number of hydrogen-bond acceptors (Lipinski definition) is 2. The molecule has 4 heteroatoms. The van der Waals surface area contributed by atoms with Crippen LogP contribution in [-0.2, 0) is 4.79 Å². The molecule has 0 bridgehead atoms. The molecular formula is C13H18ClNO2. The van der Waals surface area contributed by atoms with Gasteiger partial charge < -0.3 is 5.11 Å². The lowest BCUT2D eigenvalue weighted by atomic mass is 10.1. The number of halogens is 1. The van der Waals surface area contributed by atoms with Crippen molar-refractivity contribution in [3.63, 3.8) is 0 Å². The van der Waals surface area contributed by atoms with Gasteiger partial charge in [-0.3, -0.25) is 9.69 Å². The Morgan fingerprint density at radius 2 is 2.12 bits per heavy atom. The van der Waals surface area contributed by atoms with E-state index >= 15 is 0 Å². The second-order valence-corrected chi connectivity index (χ2v) is 4.58. The molecular weight excluding hydrogens is 238 g/mol. The third-order valence-electron chi connectivity index (χ3n) is 2.92. The first-order valence-corrected chi connectivity index (χ1v) is 6.06. The fraction of sp³-hybridized carbons (Fsp3) is 0.462. The van der Waals surface area contributed by atoms with Crippen LogP contribution in [0.5, 0.6) is 0 Å². The highest BCUT2D eigenvalue weighted by Crippen LogP contribution is 2.26. The molecule has 1 aromatic carbocycles. The molecule has 0 radical (unpaired) electrons. The minimum absolute atomic E-state index is 0.192. The van der Waals surface area contributed by atoms with E-state index in [1.165, 1.54) is 0 Å². The Labute approximate surface area is 107 Å². The van der Waals surface area contributed by atoms with Gasteiger partial charge in [0, 0.05) is 17.5 Å². The van der Waals surface area contributed by atoms with Crippen molar-refractivity contribution in [2.24, 2.45) is 0 Å². The third-order valence-corrected chi connectivity index (χ3v) is 3.26. The summed E-state index contributed by atoms with van der Waals surface area (Å²) in [6.07, 6.45) is 0.861. The molecule has 0 saturated carbocycles. The summed E-state index contributed by atoms with van der Waals surface area (Å²) in [6, 6.07) is 7.93. The molecule has 1 atom stereocenters.